The maximum absolute atomic E-state index is 12.5. The molecule has 1 amide bonds. The Kier molecular flexibility index (Phi) is 6.45. The van der Waals surface area contributed by atoms with E-state index >= 15 is 0 Å². The minimum atomic E-state index is -4.83. The van der Waals surface area contributed by atoms with E-state index in [1.807, 2.05) is 0 Å². The van der Waals surface area contributed by atoms with Crippen molar-refractivity contribution in [2.45, 2.75) is 19.3 Å². The fourth-order valence-corrected chi connectivity index (χ4v) is 3.68. The summed E-state index contributed by atoms with van der Waals surface area (Å²) >= 11 is 5.81. The van der Waals surface area contributed by atoms with E-state index in [2.05, 4.69) is 10.1 Å². The van der Waals surface area contributed by atoms with Gasteiger partial charge in [-0.05, 0) is 55.5 Å². The van der Waals surface area contributed by atoms with Crippen LogP contribution in [0.15, 0.2) is 48.5 Å². The number of halogens is 4. The van der Waals surface area contributed by atoms with Gasteiger partial charge in [0.15, 0.2) is 0 Å². The van der Waals surface area contributed by atoms with Crippen LogP contribution in [0.4, 0.5) is 24.5 Å². The highest BCUT2D eigenvalue weighted by molar-refractivity contribution is 7.92. The Labute approximate surface area is 164 Å². The SMILES string of the molecule is C[C@H](C(=O)Nc1ccc(OC(F)(F)F)cc1)N(c1ccc(Cl)cc1)S(C)(=O)=O. The van der Waals surface area contributed by atoms with E-state index in [4.69, 9.17) is 11.6 Å². The molecule has 0 unspecified atom stereocenters. The smallest absolute Gasteiger partial charge is 0.406 e. The second kappa shape index (κ2) is 8.27. The lowest BCUT2D eigenvalue weighted by molar-refractivity contribution is -0.274. The number of ether oxygens (including phenoxy) is 1. The predicted octanol–water partition coefficient (Wildman–Crippen LogP) is 4.03. The highest BCUT2D eigenvalue weighted by Crippen LogP contribution is 2.25. The average molecular weight is 437 g/mol. The van der Waals surface area contributed by atoms with E-state index in [0.29, 0.717) is 5.02 Å². The Morgan fingerprint density at radius 2 is 1.64 bits per heavy atom. The number of anilines is 2. The van der Waals surface area contributed by atoms with Gasteiger partial charge in [0.1, 0.15) is 11.8 Å². The molecular formula is C17H16ClF3N2O4S. The van der Waals surface area contributed by atoms with E-state index in [1.165, 1.54) is 43.3 Å². The van der Waals surface area contributed by atoms with Crippen molar-refractivity contribution >= 4 is 38.9 Å². The van der Waals surface area contributed by atoms with Crippen molar-refractivity contribution in [3.05, 3.63) is 53.6 Å². The minimum Gasteiger partial charge on any atom is -0.406 e. The summed E-state index contributed by atoms with van der Waals surface area (Å²) in [4.78, 5) is 12.5. The molecule has 28 heavy (non-hydrogen) atoms. The summed E-state index contributed by atoms with van der Waals surface area (Å²) in [5, 5.41) is 2.86. The van der Waals surface area contributed by atoms with Gasteiger partial charge in [-0.15, -0.1) is 13.2 Å². The number of benzene rings is 2. The lowest BCUT2D eigenvalue weighted by Gasteiger charge is -2.28. The van der Waals surface area contributed by atoms with Crippen molar-refractivity contribution in [3.8, 4) is 5.75 Å². The van der Waals surface area contributed by atoms with Crippen LogP contribution in [0.3, 0.4) is 0 Å². The third-order valence-electron chi connectivity index (χ3n) is 3.53. The number of hydrogen-bond donors (Lipinski definition) is 1. The van der Waals surface area contributed by atoms with Crippen molar-refractivity contribution in [1.29, 1.82) is 0 Å². The van der Waals surface area contributed by atoms with E-state index < -0.39 is 34.1 Å². The van der Waals surface area contributed by atoms with Crippen LogP contribution in [0.25, 0.3) is 0 Å². The van der Waals surface area contributed by atoms with Crippen molar-refractivity contribution in [3.63, 3.8) is 0 Å². The summed E-state index contributed by atoms with van der Waals surface area (Å²) in [5.74, 6) is -1.12. The van der Waals surface area contributed by atoms with Crippen LogP contribution in [0, 0.1) is 0 Å². The standard InChI is InChI=1S/C17H16ClF3N2O4S/c1-11(23(28(2,25)26)14-7-3-12(18)4-8-14)16(24)22-13-5-9-15(10-6-13)27-17(19,20)21/h3-11H,1-2H3,(H,22,24)/t11-/m1/s1. The van der Waals surface area contributed by atoms with Crippen LogP contribution in [0.1, 0.15) is 6.92 Å². The third-order valence-corrected chi connectivity index (χ3v) is 5.02. The Bertz CT molecular complexity index is 932. The van der Waals surface area contributed by atoms with Crippen LogP contribution in [0.5, 0.6) is 5.75 Å². The highest BCUT2D eigenvalue weighted by Gasteiger charge is 2.31. The maximum atomic E-state index is 12.5. The summed E-state index contributed by atoms with van der Waals surface area (Å²) in [6.07, 6.45) is -3.87. The molecule has 0 aromatic heterocycles. The van der Waals surface area contributed by atoms with Crippen molar-refractivity contribution in [2.75, 3.05) is 15.9 Å². The van der Waals surface area contributed by atoms with Gasteiger partial charge in [0, 0.05) is 10.7 Å². The lowest BCUT2D eigenvalue weighted by Crippen LogP contribution is -2.45. The normalized spacial score (nSPS) is 12.9. The fraction of sp³-hybridized carbons (Fsp3) is 0.235. The molecule has 0 fully saturated rings. The monoisotopic (exact) mass is 436 g/mol. The fourth-order valence-electron chi connectivity index (χ4n) is 2.38. The number of nitrogens with one attached hydrogen (secondary N) is 1. The Balaban J connectivity index is 2.18. The lowest BCUT2D eigenvalue weighted by atomic mass is 10.2. The van der Waals surface area contributed by atoms with Gasteiger partial charge >= 0.3 is 6.36 Å². The van der Waals surface area contributed by atoms with Crippen LogP contribution >= 0.6 is 11.6 Å². The van der Waals surface area contributed by atoms with Gasteiger partial charge in [-0.1, -0.05) is 11.6 Å². The van der Waals surface area contributed by atoms with Crippen molar-refractivity contribution in [2.24, 2.45) is 0 Å². The Hall–Kier alpha value is -2.46. The third kappa shape index (κ3) is 6.03. The van der Waals surface area contributed by atoms with Gasteiger partial charge in [0.2, 0.25) is 15.9 Å². The highest BCUT2D eigenvalue weighted by atomic mass is 35.5. The van der Waals surface area contributed by atoms with E-state index in [9.17, 15) is 26.4 Å². The molecule has 0 heterocycles. The molecule has 152 valence electrons. The zero-order valence-electron chi connectivity index (χ0n) is 14.7. The summed E-state index contributed by atoms with van der Waals surface area (Å²) < 4.78 is 65.6. The summed E-state index contributed by atoms with van der Waals surface area (Å²) in [7, 11) is -3.81. The van der Waals surface area contributed by atoms with Crippen LogP contribution in [-0.2, 0) is 14.8 Å². The summed E-state index contributed by atoms with van der Waals surface area (Å²) in [6, 6.07) is 9.22. The molecule has 2 rings (SSSR count). The van der Waals surface area contributed by atoms with Crippen LogP contribution in [0.2, 0.25) is 5.02 Å². The summed E-state index contributed by atoms with van der Waals surface area (Å²) in [6.45, 7) is 1.38. The van der Waals surface area contributed by atoms with Crippen LogP contribution < -0.4 is 14.4 Å². The molecule has 11 heteroatoms. The molecule has 0 aliphatic heterocycles. The molecule has 2 aromatic carbocycles. The van der Waals surface area contributed by atoms with E-state index in [1.54, 1.807) is 0 Å². The number of carbonyl (C=O) groups excluding carboxylic acids is 1. The molecule has 0 radical (unpaired) electrons. The average Bonchev–Trinajstić information content (AvgIpc) is 2.56. The molecule has 0 aliphatic rings. The van der Waals surface area contributed by atoms with Crippen LogP contribution in [-0.4, -0.2) is 33.0 Å². The van der Waals surface area contributed by atoms with Gasteiger partial charge in [0.05, 0.1) is 11.9 Å². The number of sulfonamides is 1. The Morgan fingerprint density at radius 1 is 1.11 bits per heavy atom. The number of hydrogen-bond acceptors (Lipinski definition) is 4. The molecular weight excluding hydrogens is 421 g/mol. The van der Waals surface area contributed by atoms with E-state index in [0.717, 1.165) is 22.7 Å². The van der Waals surface area contributed by atoms with Crippen molar-refractivity contribution in [1.82, 2.24) is 0 Å². The first-order valence-electron chi connectivity index (χ1n) is 7.78. The molecule has 6 nitrogen and oxygen atoms in total. The summed E-state index contributed by atoms with van der Waals surface area (Å²) in [5.41, 5.74) is 0.416. The van der Waals surface area contributed by atoms with Gasteiger partial charge in [-0.3, -0.25) is 9.10 Å². The molecule has 0 bridgehead atoms. The van der Waals surface area contributed by atoms with Gasteiger partial charge in [-0.2, -0.15) is 0 Å². The topological polar surface area (TPSA) is 75.7 Å². The van der Waals surface area contributed by atoms with Gasteiger partial charge in [0.25, 0.3) is 0 Å². The second-order valence-electron chi connectivity index (χ2n) is 5.77. The largest absolute Gasteiger partial charge is 0.573 e. The number of carbonyl (C=O) groups is 1. The predicted molar refractivity (Wildman–Crippen MR) is 100.0 cm³/mol. The first-order valence-corrected chi connectivity index (χ1v) is 10.0. The zero-order valence-corrected chi connectivity index (χ0v) is 16.3. The molecule has 0 aliphatic carbocycles. The first-order chi connectivity index (χ1) is 12.9. The first kappa shape index (κ1) is 21.8. The zero-order chi connectivity index (χ0) is 21.1. The number of nitrogens with zero attached hydrogens (tertiary/aromatic N) is 1. The Morgan fingerprint density at radius 3 is 2.11 bits per heavy atom. The molecule has 0 saturated carbocycles. The number of amides is 1. The van der Waals surface area contributed by atoms with Gasteiger partial charge < -0.3 is 10.1 Å². The van der Waals surface area contributed by atoms with Crippen molar-refractivity contribution < 1.29 is 31.1 Å². The number of rotatable bonds is 6. The van der Waals surface area contributed by atoms with Gasteiger partial charge in [-0.25, -0.2) is 8.42 Å². The second-order valence-corrected chi connectivity index (χ2v) is 8.07. The van der Waals surface area contributed by atoms with E-state index in [-0.39, 0.29) is 11.4 Å². The number of alkyl halides is 3. The molecule has 0 spiro atoms. The maximum Gasteiger partial charge on any atom is 0.573 e. The quantitative estimate of drug-likeness (QED) is 0.741. The molecule has 2 aromatic rings. The molecule has 1 atom stereocenters. The molecule has 0 saturated heterocycles. The molecule has 1 N–H and O–H groups in total. The minimum absolute atomic E-state index is 0.177.